The van der Waals surface area contributed by atoms with Crippen LogP contribution in [0.2, 0.25) is 0 Å². The molecule has 29 heavy (non-hydrogen) atoms. The third-order valence-electron chi connectivity index (χ3n) is 5.26. The van der Waals surface area contributed by atoms with Gasteiger partial charge in [0, 0.05) is 33.3 Å². The van der Waals surface area contributed by atoms with Gasteiger partial charge >= 0.3 is 0 Å². The summed E-state index contributed by atoms with van der Waals surface area (Å²) in [7, 11) is 1.48. The van der Waals surface area contributed by atoms with Crippen LogP contribution in [-0.4, -0.2) is 63.1 Å². The molecule has 1 aromatic heterocycles. The van der Waals surface area contributed by atoms with E-state index in [1.807, 2.05) is 12.1 Å². The Morgan fingerprint density at radius 3 is 2.41 bits per heavy atom. The van der Waals surface area contributed by atoms with Crippen LogP contribution >= 0.6 is 0 Å². The van der Waals surface area contributed by atoms with Crippen molar-refractivity contribution in [2.45, 2.75) is 38.1 Å². The van der Waals surface area contributed by atoms with Crippen LogP contribution in [0.1, 0.15) is 23.7 Å². The molecule has 0 N–H and O–H groups in total. The van der Waals surface area contributed by atoms with Crippen LogP contribution in [0.15, 0.2) is 23.5 Å². The zero-order chi connectivity index (χ0) is 21.0. The first-order valence-corrected chi connectivity index (χ1v) is 11.3. The number of fused-ring (bicyclic) bond motifs is 1. The van der Waals surface area contributed by atoms with Crippen LogP contribution in [-0.2, 0) is 40.6 Å². The number of ether oxygens (including phenoxy) is 3. The topological polar surface area (TPSA) is 82.9 Å². The summed E-state index contributed by atoms with van der Waals surface area (Å²) < 4.78 is 42.6. The minimum Gasteiger partial charge on any atom is -0.493 e. The molecule has 1 aliphatic heterocycles. The van der Waals surface area contributed by atoms with E-state index in [0.29, 0.717) is 19.7 Å². The fourth-order valence-corrected chi connectivity index (χ4v) is 4.64. The molecule has 0 spiro atoms. The molecule has 2 aromatic rings. The number of aromatic nitrogens is 2. The van der Waals surface area contributed by atoms with E-state index < -0.39 is 9.84 Å². The summed E-state index contributed by atoms with van der Waals surface area (Å²) in [6.45, 7) is 4.75. The molecule has 1 aliphatic rings. The predicted octanol–water partition coefficient (Wildman–Crippen LogP) is 1.90. The van der Waals surface area contributed by atoms with Gasteiger partial charge in [0.2, 0.25) is 15.0 Å². The maximum Gasteiger partial charge on any atom is 0.227 e. The lowest BCUT2D eigenvalue weighted by Crippen LogP contribution is -2.31. The summed E-state index contributed by atoms with van der Waals surface area (Å²) in [6, 6.07) is 4.07. The first kappa shape index (κ1) is 21.6. The van der Waals surface area contributed by atoms with Gasteiger partial charge in [-0.3, -0.25) is 4.90 Å². The van der Waals surface area contributed by atoms with Crippen LogP contribution in [0.3, 0.4) is 0 Å². The van der Waals surface area contributed by atoms with Crippen LogP contribution in [0.5, 0.6) is 11.5 Å². The monoisotopic (exact) mass is 423 g/mol. The van der Waals surface area contributed by atoms with Crippen molar-refractivity contribution in [1.82, 2.24) is 14.5 Å². The van der Waals surface area contributed by atoms with Crippen molar-refractivity contribution >= 4 is 9.84 Å². The van der Waals surface area contributed by atoms with E-state index in [2.05, 4.69) is 9.88 Å². The quantitative estimate of drug-likeness (QED) is 0.609. The Kier molecular flexibility index (Phi) is 6.81. The van der Waals surface area contributed by atoms with Gasteiger partial charge in [0.15, 0.2) is 11.5 Å². The minimum atomic E-state index is -3.40. The summed E-state index contributed by atoms with van der Waals surface area (Å²) in [6.07, 6.45) is 2.56. The van der Waals surface area contributed by atoms with Crippen molar-refractivity contribution in [3.05, 3.63) is 35.2 Å². The molecule has 160 valence electrons. The molecule has 1 aromatic carbocycles. The first-order chi connectivity index (χ1) is 13.9. The van der Waals surface area contributed by atoms with E-state index in [-0.39, 0.29) is 10.9 Å². The summed E-state index contributed by atoms with van der Waals surface area (Å²) in [4.78, 5) is 6.52. The van der Waals surface area contributed by atoms with Gasteiger partial charge in [-0.25, -0.2) is 13.4 Å². The third kappa shape index (κ3) is 4.57. The van der Waals surface area contributed by atoms with Gasteiger partial charge in [0.05, 0.1) is 38.5 Å². The van der Waals surface area contributed by atoms with Crippen LogP contribution in [0.25, 0.3) is 0 Å². The Bertz CT molecular complexity index is 955. The Labute approximate surface area is 172 Å². The van der Waals surface area contributed by atoms with E-state index in [1.54, 1.807) is 39.0 Å². The highest BCUT2D eigenvalue weighted by molar-refractivity contribution is 7.91. The standard InChI is InChI=1S/C20H29N3O5S/c1-5-29(24,25)20-21-12-17(23(20)8-9-26-2)14-22-7-6-15-10-18(27-3)19(28-4)11-16(15)13-22/h10-12H,5-9,13-14H2,1-4H3. The number of sulfone groups is 1. The average molecular weight is 424 g/mol. The van der Waals surface area contributed by atoms with Gasteiger partial charge in [0.1, 0.15) is 0 Å². The molecule has 0 aliphatic carbocycles. The lowest BCUT2D eigenvalue weighted by atomic mass is 9.98. The summed E-state index contributed by atoms with van der Waals surface area (Å²) >= 11 is 0. The largest absolute Gasteiger partial charge is 0.493 e. The Morgan fingerprint density at radius 2 is 1.79 bits per heavy atom. The van der Waals surface area contributed by atoms with E-state index in [0.717, 1.165) is 36.7 Å². The number of nitrogens with zero attached hydrogens (tertiary/aromatic N) is 3. The zero-order valence-electron chi connectivity index (χ0n) is 17.5. The second-order valence-corrected chi connectivity index (χ2v) is 9.19. The number of imidazole rings is 1. The molecule has 2 heterocycles. The fourth-order valence-electron chi connectivity index (χ4n) is 3.62. The highest BCUT2D eigenvalue weighted by Crippen LogP contribution is 2.33. The van der Waals surface area contributed by atoms with Crippen molar-refractivity contribution in [3.63, 3.8) is 0 Å². The second-order valence-electron chi connectivity index (χ2n) is 7.02. The summed E-state index contributed by atoms with van der Waals surface area (Å²) in [5, 5.41) is 0.121. The zero-order valence-corrected chi connectivity index (χ0v) is 18.3. The van der Waals surface area contributed by atoms with E-state index >= 15 is 0 Å². The maximum atomic E-state index is 12.4. The molecule has 3 rings (SSSR count). The van der Waals surface area contributed by atoms with Crippen LogP contribution < -0.4 is 9.47 Å². The third-order valence-corrected chi connectivity index (χ3v) is 6.90. The maximum absolute atomic E-state index is 12.4. The van der Waals surface area contributed by atoms with E-state index in [4.69, 9.17) is 14.2 Å². The lowest BCUT2D eigenvalue weighted by Gasteiger charge is -2.29. The molecule has 0 saturated carbocycles. The van der Waals surface area contributed by atoms with E-state index in [1.165, 1.54) is 11.1 Å². The normalized spacial score (nSPS) is 14.6. The summed E-state index contributed by atoms with van der Waals surface area (Å²) in [5.41, 5.74) is 3.32. The fraction of sp³-hybridized carbons (Fsp3) is 0.550. The number of hydrogen-bond acceptors (Lipinski definition) is 7. The Hall–Kier alpha value is -2.10. The van der Waals surface area contributed by atoms with Crippen molar-refractivity contribution in [3.8, 4) is 11.5 Å². The number of rotatable bonds is 9. The molecular formula is C20H29N3O5S. The first-order valence-electron chi connectivity index (χ1n) is 9.65. The van der Waals surface area contributed by atoms with E-state index in [9.17, 15) is 8.42 Å². The SMILES string of the molecule is CCS(=O)(=O)c1ncc(CN2CCc3cc(OC)c(OC)cc3C2)n1CCOC. The van der Waals surface area contributed by atoms with Crippen molar-refractivity contribution in [1.29, 1.82) is 0 Å². The average Bonchev–Trinajstić information content (AvgIpc) is 3.14. The molecule has 0 amide bonds. The minimum absolute atomic E-state index is 0.0230. The molecular weight excluding hydrogens is 394 g/mol. The lowest BCUT2D eigenvalue weighted by molar-refractivity contribution is 0.180. The van der Waals surface area contributed by atoms with Crippen molar-refractivity contribution in [2.24, 2.45) is 0 Å². The van der Waals surface area contributed by atoms with Gasteiger partial charge in [-0.15, -0.1) is 0 Å². The van der Waals surface area contributed by atoms with Crippen LogP contribution in [0, 0.1) is 0 Å². The summed E-state index contributed by atoms with van der Waals surface area (Å²) in [5.74, 6) is 1.48. The van der Waals surface area contributed by atoms with Gasteiger partial charge in [-0.05, 0) is 29.7 Å². The predicted molar refractivity (Wildman–Crippen MR) is 109 cm³/mol. The molecule has 9 heteroatoms. The highest BCUT2D eigenvalue weighted by atomic mass is 32.2. The smallest absolute Gasteiger partial charge is 0.227 e. The second kappa shape index (κ2) is 9.15. The van der Waals surface area contributed by atoms with Crippen LogP contribution in [0.4, 0.5) is 0 Å². The highest BCUT2D eigenvalue weighted by Gasteiger charge is 2.24. The molecule has 0 radical (unpaired) electrons. The molecule has 0 fully saturated rings. The van der Waals surface area contributed by atoms with Gasteiger partial charge in [0.25, 0.3) is 0 Å². The number of hydrogen-bond donors (Lipinski definition) is 0. The van der Waals surface area contributed by atoms with Gasteiger partial charge in [-0.2, -0.15) is 0 Å². The van der Waals surface area contributed by atoms with Crippen molar-refractivity contribution in [2.75, 3.05) is 40.2 Å². The molecule has 0 atom stereocenters. The Balaban J connectivity index is 1.84. The molecule has 0 unspecified atom stereocenters. The molecule has 0 saturated heterocycles. The molecule has 8 nitrogen and oxygen atoms in total. The number of methoxy groups -OCH3 is 3. The number of benzene rings is 1. The molecule has 0 bridgehead atoms. The van der Waals surface area contributed by atoms with Crippen molar-refractivity contribution < 1.29 is 22.6 Å². The Morgan fingerprint density at radius 1 is 1.10 bits per heavy atom. The van der Waals surface area contributed by atoms with Gasteiger partial charge in [-0.1, -0.05) is 6.92 Å². The van der Waals surface area contributed by atoms with Gasteiger partial charge < -0.3 is 18.8 Å².